The molecule has 0 spiro atoms. The van der Waals surface area contributed by atoms with Gasteiger partial charge in [-0.2, -0.15) is 0 Å². The predicted molar refractivity (Wildman–Crippen MR) is 136 cm³/mol. The molecule has 6 heteroatoms. The van der Waals surface area contributed by atoms with Crippen LogP contribution in [0.15, 0.2) is 83.3 Å². The molecular weight excluding hydrogens is 423 g/mol. The number of benzene rings is 3. The van der Waals surface area contributed by atoms with Crippen molar-refractivity contribution < 1.29 is 13.7 Å². The Morgan fingerprint density at radius 2 is 1.35 bits per heavy atom. The second kappa shape index (κ2) is 7.52. The summed E-state index contributed by atoms with van der Waals surface area (Å²) in [4.78, 5) is 10.0. The van der Waals surface area contributed by atoms with E-state index in [2.05, 4.69) is 27.7 Å². The number of hydrogen-bond acceptors (Lipinski definition) is 5. The van der Waals surface area contributed by atoms with Gasteiger partial charge in [0.2, 0.25) is 0 Å². The van der Waals surface area contributed by atoms with Crippen LogP contribution in [-0.4, -0.2) is 28.3 Å². The van der Waals surface area contributed by atoms with E-state index in [1.54, 1.807) is 0 Å². The first-order chi connectivity index (χ1) is 16.3. The molecule has 3 aromatic carbocycles. The summed E-state index contributed by atoms with van der Waals surface area (Å²) < 4.78 is 19.0. The highest BCUT2D eigenvalue weighted by atomic mass is 16.7. The number of aromatic nitrogens is 2. The summed E-state index contributed by atoms with van der Waals surface area (Å²) in [6, 6.07) is 26.1. The summed E-state index contributed by atoms with van der Waals surface area (Å²) in [5.74, 6) is 0.614. The van der Waals surface area contributed by atoms with Gasteiger partial charge in [0.05, 0.1) is 11.2 Å². The van der Waals surface area contributed by atoms with Gasteiger partial charge in [-0.1, -0.05) is 66.7 Å². The Bertz CT molecular complexity index is 1510. The zero-order valence-electron chi connectivity index (χ0n) is 19.7. The highest BCUT2D eigenvalue weighted by molar-refractivity contribution is 6.63. The molecule has 168 valence electrons. The molecule has 5 aromatic rings. The van der Waals surface area contributed by atoms with Gasteiger partial charge in [0.25, 0.3) is 0 Å². The largest absolute Gasteiger partial charge is 0.495 e. The third kappa shape index (κ3) is 3.25. The smallest absolute Gasteiger partial charge is 0.452 e. The molecule has 2 aromatic heterocycles. The molecule has 1 fully saturated rings. The SMILES string of the molecule is CC1(C)OB(c2ccccc2-c2nc(-c3ccccc3)c3oc4ccccc4c3n2)OC1(C)C. The normalized spacial score (nSPS) is 17.0. The number of furan rings is 1. The number of fused-ring (bicyclic) bond motifs is 3. The van der Waals surface area contributed by atoms with Gasteiger partial charge in [0, 0.05) is 16.5 Å². The molecule has 1 saturated heterocycles. The molecule has 3 heterocycles. The Morgan fingerprint density at radius 1 is 0.706 bits per heavy atom. The predicted octanol–water partition coefficient (Wildman–Crippen LogP) is 6.01. The lowest BCUT2D eigenvalue weighted by Crippen LogP contribution is -2.41. The van der Waals surface area contributed by atoms with Crippen LogP contribution in [0.5, 0.6) is 0 Å². The average Bonchev–Trinajstić information content (AvgIpc) is 3.32. The maximum Gasteiger partial charge on any atom is 0.495 e. The lowest BCUT2D eigenvalue weighted by atomic mass is 9.75. The van der Waals surface area contributed by atoms with Crippen LogP contribution in [0.1, 0.15) is 27.7 Å². The monoisotopic (exact) mass is 448 g/mol. The third-order valence-corrected chi connectivity index (χ3v) is 6.98. The first kappa shape index (κ1) is 21.1. The van der Waals surface area contributed by atoms with Gasteiger partial charge in [-0.3, -0.25) is 0 Å². The van der Waals surface area contributed by atoms with Crippen LogP contribution in [-0.2, 0) is 9.31 Å². The van der Waals surface area contributed by atoms with Crippen LogP contribution in [0.3, 0.4) is 0 Å². The van der Waals surface area contributed by atoms with E-state index in [1.807, 2.05) is 78.9 Å². The Labute approximate surface area is 198 Å². The minimum Gasteiger partial charge on any atom is -0.452 e. The molecule has 5 nitrogen and oxygen atoms in total. The molecule has 0 saturated carbocycles. The molecule has 6 rings (SSSR count). The van der Waals surface area contributed by atoms with Crippen molar-refractivity contribution in [1.29, 1.82) is 0 Å². The van der Waals surface area contributed by atoms with Gasteiger partial charge in [0.15, 0.2) is 11.4 Å². The lowest BCUT2D eigenvalue weighted by Gasteiger charge is -2.32. The van der Waals surface area contributed by atoms with Crippen molar-refractivity contribution in [3.05, 3.63) is 78.9 Å². The van der Waals surface area contributed by atoms with E-state index in [0.717, 1.165) is 38.8 Å². The minimum absolute atomic E-state index is 0.439. The zero-order valence-corrected chi connectivity index (χ0v) is 19.7. The standard InChI is InChI=1S/C28H25BN2O3/c1-27(2)28(3,4)34-29(33-27)21-16-10-8-14-19(21)26-30-23(18-12-6-5-7-13-18)25-24(31-26)20-15-9-11-17-22(20)32-25/h5-17H,1-4H3. The molecule has 0 radical (unpaired) electrons. The van der Waals surface area contributed by atoms with Crippen molar-refractivity contribution in [3.8, 4) is 22.6 Å². The first-order valence-electron chi connectivity index (χ1n) is 11.5. The maximum atomic E-state index is 6.37. The van der Waals surface area contributed by atoms with E-state index in [-0.39, 0.29) is 0 Å². The molecule has 0 unspecified atom stereocenters. The maximum absolute atomic E-state index is 6.37. The third-order valence-electron chi connectivity index (χ3n) is 6.98. The fourth-order valence-corrected chi connectivity index (χ4v) is 4.38. The number of nitrogens with zero attached hydrogens (tertiary/aromatic N) is 2. The fraction of sp³-hybridized carbons (Fsp3) is 0.214. The summed E-state index contributed by atoms with van der Waals surface area (Å²) in [5, 5.41) is 0.964. The molecule has 0 aliphatic carbocycles. The highest BCUT2D eigenvalue weighted by Crippen LogP contribution is 2.38. The van der Waals surface area contributed by atoms with E-state index >= 15 is 0 Å². The van der Waals surface area contributed by atoms with Crippen molar-refractivity contribution >= 4 is 34.7 Å². The van der Waals surface area contributed by atoms with E-state index < -0.39 is 18.3 Å². The van der Waals surface area contributed by atoms with Gasteiger partial charge in [-0.25, -0.2) is 9.97 Å². The quantitative estimate of drug-likeness (QED) is 0.317. The fourth-order valence-electron chi connectivity index (χ4n) is 4.38. The summed E-state index contributed by atoms with van der Waals surface area (Å²) >= 11 is 0. The number of para-hydroxylation sites is 1. The Balaban J connectivity index is 1.59. The summed E-state index contributed by atoms with van der Waals surface area (Å²) in [5.41, 5.74) is 4.92. The molecule has 0 N–H and O–H groups in total. The van der Waals surface area contributed by atoms with Gasteiger partial charge in [-0.15, -0.1) is 0 Å². The van der Waals surface area contributed by atoms with Crippen LogP contribution in [0.2, 0.25) is 0 Å². The Hall–Kier alpha value is -3.48. The van der Waals surface area contributed by atoms with Crippen LogP contribution in [0.4, 0.5) is 0 Å². The molecule has 1 aliphatic rings. The van der Waals surface area contributed by atoms with Crippen molar-refractivity contribution in [2.45, 2.75) is 38.9 Å². The van der Waals surface area contributed by atoms with Crippen LogP contribution in [0, 0.1) is 0 Å². The molecule has 0 amide bonds. The van der Waals surface area contributed by atoms with Crippen LogP contribution < -0.4 is 5.46 Å². The van der Waals surface area contributed by atoms with Crippen molar-refractivity contribution in [2.75, 3.05) is 0 Å². The molecule has 34 heavy (non-hydrogen) atoms. The molecule has 1 aliphatic heterocycles. The van der Waals surface area contributed by atoms with Crippen LogP contribution >= 0.6 is 0 Å². The van der Waals surface area contributed by atoms with Gasteiger partial charge >= 0.3 is 7.12 Å². The summed E-state index contributed by atoms with van der Waals surface area (Å²) in [7, 11) is -0.512. The van der Waals surface area contributed by atoms with Gasteiger partial charge in [-0.05, 0) is 45.3 Å². The van der Waals surface area contributed by atoms with E-state index in [1.165, 1.54) is 0 Å². The van der Waals surface area contributed by atoms with Gasteiger partial charge < -0.3 is 13.7 Å². The Kier molecular flexibility index (Phi) is 4.66. The van der Waals surface area contributed by atoms with E-state index in [0.29, 0.717) is 11.4 Å². The minimum atomic E-state index is -0.512. The zero-order chi connectivity index (χ0) is 23.5. The first-order valence-corrected chi connectivity index (χ1v) is 11.5. The van der Waals surface area contributed by atoms with Crippen LogP contribution in [0.25, 0.3) is 44.7 Å². The second-order valence-electron chi connectivity index (χ2n) is 9.71. The highest BCUT2D eigenvalue weighted by Gasteiger charge is 2.52. The van der Waals surface area contributed by atoms with Crippen molar-refractivity contribution in [3.63, 3.8) is 0 Å². The second-order valence-corrected chi connectivity index (χ2v) is 9.71. The van der Waals surface area contributed by atoms with E-state index in [4.69, 9.17) is 23.7 Å². The lowest BCUT2D eigenvalue weighted by molar-refractivity contribution is 0.00578. The summed E-state index contributed by atoms with van der Waals surface area (Å²) in [6.45, 7) is 8.24. The number of hydrogen-bond donors (Lipinski definition) is 0. The topological polar surface area (TPSA) is 57.4 Å². The average molecular weight is 448 g/mol. The molecular formula is C28H25BN2O3. The Morgan fingerprint density at radius 3 is 2.12 bits per heavy atom. The van der Waals surface area contributed by atoms with E-state index in [9.17, 15) is 0 Å². The van der Waals surface area contributed by atoms with Crippen molar-refractivity contribution in [1.82, 2.24) is 9.97 Å². The molecule has 0 atom stereocenters. The molecule has 0 bridgehead atoms. The number of rotatable bonds is 3. The van der Waals surface area contributed by atoms with Crippen molar-refractivity contribution in [2.24, 2.45) is 0 Å². The van der Waals surface area contributed by atoms with Gasteiger partial charge in [0.1, 0.15) is 16.8 Å². The summed E-state index contributed by atoms with van der Waals surface area (Å²) in [6.07, 6.45) is 0.